The zero-order valence-corrected chi connectivity index (χ0v) is 19.4. The summed E-state index contributed by atoms with van der Waals surface area (Å²) in [6.07, 6.45) is 0. The minimum atomic E-state index is -4.47. The first-order chi connectivity index (χ1) is 16.1. The van der Waals surface area contributed by atoms with Crippen molar-refractivity contribution in [3.8, 4) is 0 Å². The van der Waals surface area contributed by atoms with Gasteiger partial charge in [-0.1, -0.05) is 61.0 Å². The summed E-state index contributed by atoms with van der Waals surface area (Å²) in [5.74, 6) is -2.97. The van der Waals surface area contributed by atoms with Crippen LogP contribution < -0.4 is 10.0 Å². The Labute approximate surface area is 201 Å². The maximum atomic E-state index is 13.1. The van der Waals surface area contributed by atoms with Crippen LogP contribution in [0.4, 0.5) is 11.4 Å². The molecule has 0 aliphatic heterocycles. The molecular weight excluding hydrogens is 482 g/mol. The molecule has 0 bridgehead atoms. The highest BCUT2D eigenvalue weighted by Gasteiger charge is 2.35. The van der Waals surface area contributed by atoms with E-state index in [1.807, 2.05) is 0 Å². The van der Waals surface area contributed by atoms with Crippen molar-refractivity contribution in [2.75, 3.05) is 5.32 Å². The summed E-state index contributed by atoms with van der Waals surface area (Å²) in [7, 11) is -4.47. The number of halogens is 1. The molecule has 34 heavy (non-hydrogen) atoms. The average molecular weight is 502 g/mol. The Hall–Kier alpha value is -3.60. The number of benzene rings is 3. The van der Waals surface area contributed by atoms with Gasteiger partial charge in [0, 0.05) is 22.7 Å². The molecule has 0 unspecified atom stereocenters. The van der Waals surface area contributed by atoms with Crippen molar-refractivity contribution in [3.63, 3.8) is 0 Å². The molecule has 9 nitrogen and oxygen atoms in total. The largest absolute Gasteiger partial charge is 0.319 e. The predicted molar refractivity (Wildman–Crippen MR) is 127 cm³/mol. The van der Waals surface area contributed by atoms with Crippen LogP contribution in [0.15, 0.2) is 83.8 Å². The van der Waals surface area contributed by atoms with Gasteiger partial charge >= 0.3 is 0 Å². The Morgan fingerprint density at radius 3 is 2.15 bits per heavy atom. The summed E-state index contributed by atoms with van der Waals surface area (Å²) >= 11 is 5.94. The fraction of sp³-hybridized carbons (Fsp3) is 0.130. The Kier molecular flexibility index (Phi) is 7.77. The second-order valence-corrected chi connectivity index (χ2v) is 9.47. The predicted octanol–water partition coefficient (Wildman–Crippen LogP) is 4.11. The highest BCUT2D eigenvalue weighted by molar-refractivity contribution is 7.89. The number of anilines is 1. The van der Waals surface area contributed by atoms with Crippen LogP contribution in [0.2, 0.25) is 5.02 Å². The van der Waals surface area contributed by atoms with Gasteiger partial charge in [-0.05, 0) is 35.9 Å². The van der Waals surface area contributed by atoms with Gasteiger partial charge in [0.15, 0.2) is 4.90 Å². The van der Waals surface area contributed by atoms with Crippen molar-refractivity contribution in [2.45, 2.75) is 17.9 Å². The number of hydrogen-bond donors (Lipinski definition) is 2. The summed E-state index contributed by atoms with van der Waals surface area (Å²) in [4.78, 5) is 35.5. The third-order valence-electron chi connectivity index (χ3n) is 5.03. The van der Waals surface area contributed by atoms with Crippen molar-refractivity contribution < 1.29 is 22.9 Å². The molecule has 3 aromatic carbocycles. The van der Waals surface area contributed by atoms with E-state index in [0.717, 1.165) is 12.1 Å². The fourth-order valence-corrected chi connectivity index (χ4v) is 4.87. The molecule has 0 spiro atoms. The summed E-state index contributed by atoms with van der Waals surface area (Å²) in [5, 5.41) is 14.2. The molecule has 2 N–H and O–H groups in total. The number of rotatable bonds is 9. The lowest BCUT2D eigenvalue weighted by atomic mass is 9.91. The zero-order valence-electron chi connectivity index (χ0n) is 17.8. The SMILES string of the molecule is C[C@H](C(=O)C(=O)Nc1ccccc1)[C@@H](NS(=O)(=O)c1ccccc1[N+](=O)[O-])c1ccc(Cl)cc1. The van der Waals surface area contributed by atoms with Crippen LogP contribution in [0.1, 0.15) is 18.5 Å². The Morgan fingerprint density at radius 2 is 1.53 bits per heavy atom. The number of nitrogens with one attached hydrogen (secondary N) is 2. The number of para-hydroxylation sites is 2. The smallest absolute Gasteiger partial charge is 0.292 e. The monoisotopic (exact) mass is 501 g/mol. The molecule has 1 amide bonds. The molecule has 0 aromatic heterocycles. The molecule has 3 rings (SSSR count). The van der Waals surface area contributed by atoms with E-state index in [4.69, 9.17) is 11.6 Å². The third-order valence-corrected chi connectivity index (χ3v) is 6.77. The van der Waals surface area contributed by atoms with Gasteiger partial charge < -0.3 is 5.32 Å². The first kappa shape index (κ1) is 25.0. The van der Waals surface area contributed by atoms with Crippen LogP contribution in [0.3, 0.4) is 0 Å². The summed E-state index contributed by atoms with van der Waals surface area (Å²) in [6, 6.07) is 18.0. The summed E-state index contributed by atoms with van der Waals surface area (Å²) in [5.41, 5.74) is 0.127. The molecule has 3 aromatic rings. The molecule has 0 radical (unpaired) electrons. The number of amides is 1. The van der Waals surface area contributed by atoms with Gasteiger partial charge in [-0.3, -0.25) is 19.7 Å². The number of hydrogen-bond acceptors (Lipinski definition) is 6. The van der Waals surface area contributed by atoms with Crippen molar-refractivity contribution in [3.05, 3.63) is 99.6 Å². The van der Waals surface area contributed by atoms with E-state index in [1.54, 1.807) is 30.3 Å². The van der Waals surface area contributed by atoms with E-state index in [1.165, 1.54) is 43.3 Å². The molecule has 11 heteroatoms. The van der Waals surface area contributed by atoms with Crippen molar-refractivity contribution in [1.29, 1.82) is 0 Å². The number of ketones is 1. The molecule has 0 saturated carbocycles. The van der Waals surface area contributed by atoms with Gasteiger partial charge in [-0.15, -0.1) is 0 Å². The number of carbonyl (C=O) groups is 2. The number of nitro benzene ring substituents is 1. The van der Waals surface area contributed by atoms with Gasteiger partial charge in [0.05, 0.1) is 11.0 Å². The van der Waals surface area contributed by atoms with E-state index in [-0.39, 0.29) is 0 Å². The normalized spacial score (nSPS) is 13.0. The van der Waals surface area contributed by atoms with Crippen molar-refractivity contribution in [2.24, 2.45) is 5.92 Å². The number of sulfonamides is 1. The van der Waals surface area contributed by atoms with E-state index in [0.29, 0.717) is 16.3 Å². The minimum Gasteiger partial charge on any atom is -0.319 e. The molecular formula is C23H20ClN3O6S. The second kappa shape index (κ2) is 10.6. The van der Waals surface area contributed by atoms with Crippen LogP contribution in [-0.4, -0.2) is 25.0 Å². The molecule has 176 valence electrons. The van der Waals surface area contributed by atoms with Gasteiger partial charge in [0.25, 0.3) is 11.6 Å². The highest BCUT2D eigenvalue weighted by atomic mass is 35.5. The van der Waals surface area contributed by atoms with E-state index in [9.17, 15) is 28.1 Å². The Morgan fingerprint density at radius 1 is 0.941 bits per heavy atom. The molecule has 0 aliphatic rings. The quantitative estimate of drug-likeness (QED) is 0.257. The van der Waals surface area contributed by atoms with Gasteiger partial charge in [0.2, 0.25) is 15.8 Å². The number of nitro groups is 1. The van der Waals surface area contributed by atoms with Crippen LogP contribution in [0.5, 0.6) is 0 Å². The lowest BCUT2D eigenvalue weighted by Crippen LogP contribution is -2.39. The zero-order chi connectivity index (χ0) is 24.9. The highest BCUT2D eigenvalue weighted by Crippen LogP contribution is 2.29. The molecule has 0 aliphatic carbocycles. The third kappa shape index (κ3) is 5.84. The topological polar surface area (TPSA) is 135 Å². The van der Waals surface area contributed by atoms with E-state index < -0.39 is 49.2 Å². The molecule has 0 fully saturated rings. The molecule has 2 atom stereocenters. The van der Waals surface area contributed by atoms with Crippen LogP contribution >= 0.6 is 11.6 Å². The lowest BCUT2D eigenvalue weighted by Gasteiger charge is -2.24. The lowest BCUT2D eigenvalue weighted by molar-refractivity contribution is -0.387. The number of carbonyl (C=O) groups excluding carboxylic acids is 2. The van der Waals surface area contributed by atoms with E-state index >= 15 is 0 Å². The van der Waals surface area contributed by atoms with Gasteiger partial charge in [0.1, 0.15) is 0 Å². The Balaban J connectivity index is 1.96. The Bertz CT molecular complexity index is 1310. The van der Waals surface area contributed by atoms with Crippen LogP contribution in [-0.2, 0) is 19.6 Å². The van der Waals surface area contributed by atoms with Crippen molar-refractivity contribution >= 4 is 44.7 Å². The van der Waals surface area contributed by atoms with Crippen LogP contribution in [0.25, 0.3) is 0 Å². The minimum absolute atomic E-state index is 0.347. The summed E-state index contributed by atoms with van der Waals surface area (Å²) < 4.78 is 28.6. The molecule has 0 heterocycles. The maximum absolute atomic E-state index is 13.1. The first-order valence-electron chi connectivity index (χ1n) is 10.0. The standard InChI is InChI=1S/C23H20ClN3O6S/c1-15(22(28)23(29)25-18-7-3-2-4-8-18)21(16-11-13-17(24)14-12-16)26-34(32,33)20-10-6-5-9-19(20)27(30)31/h2-15,21,26H,1H3,(H,25,29)/t15-,21+/m0/s1. The maximum Gasteiger partial charge on any atom is 0.292 e. The number of nitrogens with zero attached hydrogens (tertiary/aromatic N) is 1. The fourth-order valence-electron chi connectivity index (χ4n) is 3.27. The van der Waals surface area contributed by atoms with Crippen molar-refractivity contribution in [1.82, 2.24) is 4.72 Å². The van der Waals surface area contributed by atoms with Crippen LogP contribution in [0, 0.1) is 16.0 Å². The number of Topliss-reactive ketones (excluding diaryl/α,β-unsaturated/α-hetero) is 1. The first-order valence-corrected chi connectivity index (χ1v) is 11.9. The van der Waals surface area contributed by atoms with Gasteiger partial charge in [-0.25, -0.2) is 13.1 Å². The molecule has 0 saturated heterocycles. The average Bonchev–Trinajstić information content (AvgIpc) is 2.83. The van der Waals surface area contributed by atoms with E-state index in [2.05, 4.69) is 10.0 Å². The summed E-state index contributed by atoms with van der Waals surface area (Å²) in [6.45, 7) is 1.40. The second-order valence-electron chi connectivity index (χ2n) is 7.35. The van der Waals surface area contributed by atoms with Gasteiger partial charge in [-0.2, -0.15) is 0 Å².